The summed E-state index contributed by atoms with van der Waals surface area (Å²) in [4.78, 5) is 0. The van der Waals surface area contributed by atoms with Crippen LogP contribution in [0.4, 0.5) is 5.69 Å². The average Bonchev–Trinajstić information content (AvgIpc) is 2.23. The standard InChI is InChI=1S/C13H20INO/c1-11(2)6-8-16-9-7-15-13-5-3-4-12(14)10-13/h3-5,10-11,15H,6-9H2,1-2H3. The van der Waals surface area contributed by atoms with Gasteiger partial charge in [0.25, 0.3) is 0 Å². The predicted octanol–water partition coefficient (Wildman–Crippen LogP) is 3.77. The van der Waals surface area contributed by atoms with E-state index < -0.39 is 0 Å². The Morgan fingerprint density at radius 1 is 1.31 bits per heavy atom. The van der Waals surface area contributed by atoms with Gasteiger partial charge in [0.05, 0.1) is 6.61 Å². The summed E-state index contributed by atoms with van der Waals surface area (Å²) < 4.78 is 6.79. The Hall–Kier alpha value is -0.290. The zero-order valence-corrected chi connectivity index (χ0v) is 12.2. The summed E-state index contributed by atoms with van der Waals surface area (Å²) in [5.74, 6) is 0.726. The third kappa shape index (κ3) is 6.33. The van der Waals surface area contributed by atoms with Gasteiger partial charge in [0.1, 0.15) is 0 Å². The van der Waals surface area contributed by atoms with Gasteiger partial charge >= 0.3 is 0 Å². The molecule has 0 atom stereocenters. The fraction of sp³-hybridized carbons (Fsp3) is 0.538. The lowest BCUT2D eigenvalue weighted by Gasteiger charge is -2.08. The molecule has 1 N–H and O–H groups in total. The van der Waals surface area contributed by atoms with E-state index in [4.69, 9.17) is 4.74 Å². The van der Waals surface area contributed by atoms with Crippen LogP contribution in [0, 0.1) is 9.49 Å². The van der Waals surface area contributed by atoms with Crippen molar-refractivity contribution in [1.82, 2.24) is 0 Å². The van der Waals surface area contributed by atoms with Gasteiger partial charge in [-0.1, -0.05) is 19.9 Å². The number of hydrogen-bond acceptors (Lipinski definition) is 2. The Morgan fingerprint density at radius 3 is 2.81 bits per heavy atom. The summed E-state index contributed by atoms with van der Waals surface area (Å²) in [5, 5.41) is 3.34. The van der Waals surface area contributed by atoms with E-state index in [1.807, 2.05) is 0 Å². The zero-order chi connectivity index (χ0) is 11.8. The molecule has 0 saturated heterocycles. The summed E-state index contributed by atoms with van der Waals surface area (Å²) in [5.41, 5.74) is 1.17. The van der Waals surface area contributed by atoms with E-state index in [1.54, 1.807) is 0 Å². The highest BCUT2D eigenvalue weighted by atomic mass is 127. The van der Waals surface area contributed by atoms with E-state index in [0.29, 0.717) is 0 Å². The highest BCUT2D eigenvalue weighted by Gasteiger charge is 1.95. The maximum absolute atomic E-state index is 5.53. The molecule has 0 unspecified atom stereocenters. The van der Waals surface area contributed by atoms with Crippen molar-refractivity contribution >= 4 is 28.3 Å². The SMILES string of the molecule is CC(C)CCOCCNc1cccc(I)c1. The predicted molar refractivity (Wildman–Crippen MR) is 77.9 cm³/mol. The zero-order valence-electron chi connectivity index (χ0n) is 10.0. The fourth-order valence-electron chi connectivity index (χ4n) is 1.29. The minimum Gasteiger partial charge on any atom is -0.383 e. The first-order valence-corrected chi connectivity index (χ1v) is 6.83. The molecule has 3 heteroatoms. The van der Waals surface area contributed by atoms with Crippen molar-refractivity contribution in [3.63, 3.8) is 0 Å². The van der Waals surface area contributed by atoms with Crippen LogP contribution in [-0.2, 0) is 4.74 Å². The molecule has 0 radical (unpaired) electrons. The van der Waals surface area contributed by atoms with E-state index in [1.165, 1.54) is 9.26 Å². The highest BCUT2D eigenvalue weighted by molar-refractivity contribution is 14.1. The van der Waals surface area contributed by atoms with Crippen LogP contribution in [0.5, 0.6) is 0 Å². The third-order valence-corrected chi connectivity index (χ3v) is 2.91. The van der Waals surface area contributed by atoms with Gasteiger partial charge in [0.2, 0.25) is 0 Å². The van der Waals surface area contributed by atoms with Crippen molar-refractivity contribution in [2.24, 2.45) is 5.92 Å². The first-order valence-electron chi connectivity index (χ1n) is 5.75. The van der Waals surface area contributed by atoms with Crippen molar-refractivity contribution in [2.45, 2.75) is 20.3 Å². The minimum absolute atomic E-state index is 0.726. The smallest absolute Gasteiger partial charge is 0.0639 e. The van der Waals surface area contributed by atoms with Crippen LogP contribution < -0.4 is 5.32 Å². The molecule has 0 bridgehead atoms. The minimum atomic E-state index is 0.726. The molecule has 0 aliphatic rings. The normalized spacial score (nSPS) is 10.8. The van der Waals surface area contributed by atoms with Crippen LogP contribution in [0.15, 0.2) is 24.3 Å². The van der Waals surface area contributed by atoms with Gasteiger partial charge in [-0.2, -0.15) is 0 Å². The molecule has 0 aliphatic carbocycles. The Kier molecular flexibility index (Phi) is 6.80. The second-order valence-corrected chi connectivity index (χ2v) is 5.48. The molecule has 1 aromatic rings. The van der Waals surface area contributed by atoms with Gasteiger partial charge in [-0.25, -0.2) is 0 Å². The number of benzene rings is 1. The number of rotatable bonds is 7. The molecular weight excluding hydrogens is 313 g/mol. The Balaban J connectivity index is 2.07. The van der Waals surface area contributed by atoms with Crippen molar-refractivity contribution in [3.05, 3.63) is 27.8 Å². The molecule has 0 aromatic heterocycles. The Labute approximate surface area is 112 Å². The van der Waals surface area contributed by atoms with Crippen molar-refractivity contribution in [1.29, 1.82) is 0 Å². The van der Waals surface area contributed by atoms with Gasteiger partial charge in [0, 0.05) is 22.4 Å². The van der Waals surface area contributed by atoms with E-state index in [-0.39, 0.29) is 0 Å². The monoisotopic (exact) mass is 333 g/mol. The number of hydrogen-bond donors (Lipinski definition) is 1. The maximum atomic E-state index is 5.53. The molecule has 90 valence electrons. The van der Waals surface area contributed by atoms with E-state index in [0.717, 1.165) is 32.1 Å². The molecule has 0 aliphatic heterocycles. The lowest BCUT2D eigenvalue weighted by molar-refractivity contribution is 0.132. The molecule has 1 aromatic carbocycles. The highest BCUT2D eigenvalue weighted by Crippen LogP contribution is 2.11. The number of ether oxygens (including phenoxy) is 1. The summed E-state index contributed by atoms with van der Waals surface area (Å²) >= 11 is 2.32. The van der Waals surface area contributed by atoms with Crippen molar-refractivity contribution < 1.29 is 4.74 Å². The van der Waals surface area contributed by atoms with E-state index in [9.17, 15) is 0 Å². The third-order valence-electron chi connectivity index (χ3n) is 2.24. The molecule has 0 amide bonds. The number of halogens is 1. The van der Waals surface area contributed by atoms with Crippen LogP contribution in [0.1, 0.15) is 20.3 Å². The fourth-order valence-corrected chi connectivity index (χ4v) is 1.83. The molecule has 0 saturated carbocycles. The Bertz CT molecular complexity index is 302. The Morgan fingerprint density at radius 2 is 2.12 bits per heavy atom. The summed E-state index contributed by atoms with van der Waals surface area (Å²) in [6, 6.07) is 8.36. The molecule has 0 fully saturated rings. The summed E-state index contributed by atoms with van der Waals surface area (Å²) in [6.07, 6.45) is 1.14. The first-order chi connectivity index (χ1) is 7.68. The van der Waals surface area contributed by atoms with Gasteiger partial charge < -0.3 is 10.1 Å². The van der Waals surface area contributed by atoms with Crippen molar-refractivity contribution in [2.75, 3.05) is 25.1 Å². The quantitative estimate of drug-likeness (QED) is 0.606. The van der Waals surface area contributed by atoms with Crippen LogP contribution in [0.2, 0.25) is 0 Å². The maximum Gasteiger partial charge on any atom is 0.0639 e. The second kappa shape index (κ2) is 7.90. The lowest BCUT2D eigenvalue weighted by Crippen LogP contribution is -2.10. The van der Waals surface area contributed by atoms with Gasteiger partial charge in [-0.05, 0) is 53.1 Å². The lowest BCUT2D eigenvalue weighted by atomic mass is 10.1. The van der Waals surface area contributed by atoms with Gasteiger partial charge in [-0.3, -0.25) is 0 Å². The van der Waals surface area contributed by atoms with E-state index >= 15 is 0 Å². The van der Waals surface area contributed by atoms with Crippen molar-refractivity contribution in [3.8, 4) is 0 Å². The van der Waals surface area contributed by atoms with E-state index in [2.05, 4.69) is 66.0 Å². The van der Waals surface area contributed by atoms with Gasteiger partial charge in [0.15, 0.2) is 0 Å². The van der Waals surface area contributed by atoms with Crippen LogP contribution in [0.25, 0.3) is 0 Å². The molecular formula is C13H20INO. The molecule has 16 heavy (non-hydrogen) atoms. The van der Waals surface area contributed by atoms with Crippen LogP contribution >= 0.6 is 22.6 Å². The molecule has 1 rings (SSSR count). The molecule has 0 heterocycles. The molecule has 0 spiro atoms. The van der Waals surface area contributed by atoms with Crippen LogP contribution in [0.3, 0.4) is 0 Å². The second-order valence-electron chi connectivity index (χ2n) is 4.23. The summed E-state index contributed by atoms with van der Waals surface area (Å²) in [7, 11) is 0. The first kappa shape index (κ1) is 13.8. The number of nitrogens with one attached hydrogen (secondary N) is 1. The van der Waals surface area contributed by atoms with Gasteiger partial charge in [-0.15, -0.1) is 0 Å². The summed E-state index contributed by atoms with van der Waals surface area (Å²) in [6.45, 7) is 6.95. The van der Waals surface area contributed by atoms with Crippen LogP contribution in [-0.4, -0.2) is 19.8 Å². The number of anilines is 1. The average molecular weight is 333 g/mol. The topological polar surface area (TPSA) is 21.3 Å². The largest absolute Gasteiger partial charge is 0.383 e. The molecule has 2 nitrogen and oxygen atoms in total.